The number of nitrogens with two attached hydrogens (primary N) is 2. The maximum Gasteiger partial charge on any atom is 0.218 e. The van der Waals surface area contributed by atoms with Gasteiger partial charge in [0.15, 0.2) is 0 Å². The summed E-state index contributed by atoms with van der Waals surface area (Å²) in [5, 5.41) is 4.15. The Balaban J connectivity index is 2.68. The van der Waals surface area contributed by atoms with Crippen molar-refractivity contribution in [2.75, 3.05) is 26.7 Å². The highest BCUT2D eigenvalue weighted by atomic mass is 15.7. The topological polar surface area (TPSA) is 83.2 Å². The highest BCUT2D eigenvalue weighted by Gasteiger charge is 2.19. The molecule has 1 fully saturated rings. The Bertz CT molecular complexity index is 253. The van der Waals surface area contributed by atoms with Gasteiger partial charge in [-0.25, -0.2) is 5.01 Å². The van der Waals surface area contributed by atoms with Crippen LogP contribution in [0.3, 0.4) is 0 Å². The van der Waals surface area contributed by atoms with Gasteiger partial charge in [-0.1, -0.05) is 0 Å². The van der Waals surface area contributed by atoms with Crippen LogP contribution in [0.25, 0.3) is 0 Å². The first-order valence-corrected chi connectivity index (χ1v) is 5.27. The Labute approximate surface area is 90.6 Å². The minimum atomic E-state index is 0.213. The molecule has 0 radical (unpaired) electrons. The Kier molecular flexibility index (Phi) is 4.36. The van der Waals surface area contributed by atoms with Crippen molar-refractivity contribution in [2.24, 2.45) is 21.5 Å². The van der Waals surface area contributed by atoms with Crippen LogP contribution in [0.2, 0.25) is 0 Å². The lowest BCUT2D eigenvalue weighted by atomic mass is 10.4. The normalized spacial score (nSPS) is 19.6. The molecule has 0 saturated carbocycles. The summed E-state index contributed by atoms with van der Waals surface area (Å²) in [7, 11) is 1.60. The first-order valence-electron chi connectivity index (χ1n) is 5.27. The number of nitrogens with zero attached hydrogens (tertiary/aromatic N) is 4. The van der Waals surface area contributed by atoms with Crippen molar-refractivity contribution in [1.29, 1.82) is 0 Å². The lowest BCUT2D eigenvalue weighted by Gasteiger charge is -2.31. The highest BCUT2D eigenvalue weighted by molar-refractivity contribution is 5.92. The van der Waals surface area contributed by atoms with Crippen LogP contribution in [0, 0.1) is 0 Å². The fourth-order valence-electron chi connectivity index (χ4n) is 1.67. The van der Waals surface area contributed by atoms with E-state index in [0.717, 1.165) is 19.6 Å². The molecule has 0 aromatic carbocycles. The SMILES string of the molecule is CCN(C(N)=NC(N)=NC)N1CCCC1. The number of guanidine groups is 2. The maximum absolute atomic E-state index is 5.86. The van der Waals surface area contributed by atoms with Crippen molar-refractivity contribution in [3.63, 3.8) is 0 Å². The fraction of sp³-hybridized carbons (Fsp3) is 0.778. The molecule has 0 atom stereocenters. The zero-order valence-corrected chi connectivity index (χ0v) is 9.48. The zero-order valence-electron chi connectivity index (χ0n) is 9.48. The summed E-state index contributed by atoms with van der Waals surface area (Å²) in [5.74, 6) is 0.632. The smallest absolute Gasteiger partial charge is 0.218 e. The monoisotopic (exact) mass is 212 g/mol. The molecule has 0 spiro atoms. The molecular formula is C9H20N6. The van der Waals surface area contributed by atoms with E-state index in [2.05, 4.69) is 15.0 Å². The predicted octanol–water partition coefficient (Wildman–Crippen LogP) is -0.422. The van der Waals surface area contributed by atoms with Gasteiger partial charge in [-0.3, -0.25) is 10.0 Å². The fourth-order valence-corrected chi connectivity index (χ4v) is 1.67. The molecule has 15 heavy (non-hydrogen) atoms. The van der Waals surface area contributed by atoms with E-state index >= 15 is 0 Å². The third-order valence-corrected chi connectivity index (χ3v) is 2.45. The largest absolute Gasteiger partial charge is 0.368 e. The molecule has 86 valence electrons. The van der Waals surface area contributed by atoms with Gasteiger partial charge in [0.25, 0.3) is 0 Å². The summed E-state index contributed by atoms with van der Waals surface area (Å²) in [6.07, 6.45) is 2.42. The van der Waals surface area contributed by atoms with Crippen molar-refractivity contribution in [2.45, 2.75) is 19.8 Å². The molecule has 1 saturated heterocycles. The third kappa shape index (κ3) is 3.09. The van der Waals surface area contributed by atoms with Crippen LogP contribution in [0.15, 0.2) is 9.98 Å². The summed E-state index contributed by atoms with van der Waals surface area (Å²) in [6.45, 7) is 4.91. The molecule has 0 aromatic heterocycles. The van der Waals surface area contributed by atoms with Crippen molar-refractivity contribution < 1.29 is 0 Å². The molecule has 1 rings (SSSR count). The number of hydrazine groups is 1. The van der Waals surface area contributed by atoms with Gasteiger partial charge < -0.3 is 11.5 Å². The van der Waals surface area contributed by atoms with Crippen molar-refractivity contribution in [3.8, 4) is 0 Å². The van der Waals surface area contributed by atoms with E-state index in [4.69, 9.17) is 11.5 Å². The van der Waals surface area contributed by atoms with Gasteiger partial charge in [-0.15, -0.1) is 0 Å². The van der Waals surface area contributed by atoms with Crippen LogP contribution in [-0.2, 0) is 0 Å². The van der Waals surface area contributed by atoms with Gasteiger partial charge in [0, 0.05) is 26.7 Å². The molecule has 0 unspecified atom stereocenters. The first kappa shape index (κ1) is 11.8. The molecular weight excluding hydrogens is 192 g/mol. The lowest BCUT2D eigenvalue weighted by Crippen LogP contribution is -2.49. The van der Waals surface area contributed by atoms with Crippen molar-refractivity contribution >= 4 is 11.9 Å². The minimum absolute atomic E-state index is 0.213. The van der Waals surface area contributed by atoms with Crippen LogP contribution in [0.1, 0.15) is 19.8 Å². The van der Waals surface area contributed by atoms with E-state index in [9.17, 15) is 0 Å². The quantitative estimate of drug-likeness (QED) is 0.481. The van der Waals surface area contributed by atoms with E-state index in [-0.39, 0.29) is 5.96 Å². The lowest BCUT2D eigenvalue weighted by molar-refractivity contribution is 0.0784. The molecule has 0 aromatic rings. The van der Waals surface area contributed by atoms with E-state index < -0.39 is 0 Å². The van der Waals surface area contributed by atoms with Gasteiger partial charge in [0.1, 0.15) is 0 Å². The predicted molar refractivity (Wildman–Crippen MR) is 62.4 cm³/mol. The Hall–Kier alpha value is -1.30. The van der Waals surface area contributed by atoms with E-state index in [0.29, 0.717) is 5.96 Å². The first-order chi connectivity index (χ1) is 7.19. The van der Waals surface area contributed by atoms with E-state index in [1.165, 1.54) is 12.8 Å². The number of hydrogen-bond donors (Lipinski definition) is 2. The molecule has 1 aliphatic rings. The van der Waals surface area contributed by atoms with Crippen LogP contribution in [0.5, 0.6) is 0 Å². The van der Waals surface area contributed by atoms with Crippen LogP contribution >= 0.6 is 0 Å². The molecule has 6 heteroatoms. The van der Waals surface area contributed by atoms with Crippen molar-refractivity contribution in [3.05, 3.63) is 0 Å². The molecule has 4 N–H and O–H groups in total. The minimum Gasteiger partial charge on any atom is -0.368 e. The van der Waals surface area contributed by atoms with Crippen LogP contribution < -0.4 is 11.5 Å². The highest BCUT2D eigenvalue weighted by Crippen LogP contribution is 2.10. The molecule has 0 amide bonds. The number of hydrogen-bond acceptors (Lipinski definition) is 2. The summed E-state index contributed by atoms with van der Waals surface area (Å²) < 4.78 is 0. The zero-order chi connectivity index (χ0) is 11.3. The van der Waals surface area contributed by atoms with E-state index in [1.807, 2.05) is 11.9 Å². The summed E-state index contributed by atoms with van der Waals surface area (Å²) in [6, 6.07) is 0. The Morgan fingerprint density at radius 3 is 2.40 bits per heavy atom. The van der Waals surface area contributed by atoms with Gasteiger partial charge in [-0.2, -0.15) is 4.99 Å². The summed E-state index contributed by atoms with van der Waals surface area (Å²) >= 11 is 0. The van der Waals surface area contributed by atoms with Crippen LogP contribution in [-0.4, -0.2) is 48.6 Å². The van der Waals surface area contributed by atoms with E-state index in [1.54, 1.807) is 7.05 Å². The van der Waals surface area contributed by atoms with Gasteiger partial charge >= 0.3 is 0 Å². The Morgan fingerprint density at radius 1 is 1.33 bits per heavy atom. The van der Waals surface area contributed by atoms with Crippen molar-refractivity contribution in [1.82, 2.24) is 10.0 Å². The molecule has 0 bridgehead atoms. The Morgan fingerprint density at radius 2 is 1.93 bits per heavy atom. The maximum atomic E-state index is 5.86. The summed E-state index contributed by atoms with van der Waals surface area (Å²) in [4.78, 5) is 7.77. The van der Waals surface area contributed by atoms with Crippen LogP contribution in [0.4, 0.5) is 0 Å². The van der Waals surface area contributed by atoms with Gasteiger partial charge in [0.2, 0.25) is 11.9 Å². The van der Waals surface area contributed by atoms with Gasteiger partial charge in [-0.05, 0) is 19.8 Å². The number of aliphatic imine (C=N–C) groups is 2. The second kappa shape index (κ2) is 5.55. The van der Waals surface area contributed by atoms with Gasteiger partial charge in [0.05, 0.1) is 0 Å². The molecule has 6 nitrogen and oxygen atoms in total. The standard InChI is InChI=1S/C9H20N6/c1-3-15(14-6-4-5-7-14)9(11)13-8(10)12-2/h3-7H2,1-2H3,(H4,10,11,12,13). The summed E-state index contributed by atoms with van der Waals surface area (Å²) in [5.41, 5.74) is 11.4. The average molecular weight is 212 g/mol. The molecule has 1 aliphatic heterocycles. The second-order valence-corrected chi connectivity index (χ2v) is 3.43. The molecule has 1 heterocycles. The molecule has 0 aliphatic carbocycles. The third-order valence-electron chi connectivity index (χ3n) is 2.45. The second-order valence-electron chi connectivity index (χ2n) is 3.43. The number of rotatable bonds is 2. The average Bonchev–Trinajstić information content (AvgIpc) is 2.72.